The number of H-pyrrole nitrogens is 1. The lowest BCUT2D eigenvalue weighted by Crippen LogP contribution is -2.49. The topological polar surface area (TPSA) is 124 Å². The third-order valence-corrected chi connectivity index (χ3v) is 2.91. The first-order chi connectivity index (χ1) is 9.06. The number of aromatic nitrogens is 2. The first-order valence-electron chi connectivity index (χ1n) is 5.86. The minimum Gasteiger partial charge on any atom is -0.480 e. The van der Waals surface area contributed by atoms with Gasteiger partial charge in [-0.1, -0.05) is 0 Å². The van der Waals surface area contributed by atoms with Gasteiger partial charge < -0.3 is 20.7 Å². The van der Waals surface area contributed by atoms with Crippen molar-refractivity contribution in [3.63, 3.8) is 0 Å². The number of carboxylic acid groups (broad SMARTS) is 1. The summed E-state index contributed by atoms with van der Waals surface area (Å²) < 4.78 is 0. The predicted molar refractivity (Wildman–Crippen MR) is 63.0 cm³/mol. The number of carbonyl (C=O) groups excluding carboxylic acids is 2. The van der Waals surface area contributed by atoms with E-state index in [1.165, 1.54) is 12.5 Å². The van der Waals surface area contributed by atoms with Crippen molar-refractivity contribution in [3.05, 3.63) is 18.2 Å². The van der Waals surface area contributed by atoms with E-state index in [2.05, 4.69) is 20.6 Å². The van der Waals surface area contributed by atoms with E-state index in [0.29, 0.717) is 12.1 Å². The number of nitrogens with zero attached hydrogens (tertiary/aromatic N) is 1. The lowest BCUT2D eigenvalue weighted by molar-refractivity contribution is -0.142. The van der Waals surface area contributed by atoms with Gasteiger partial charge in [-0.2, -0.15) is 0 Å². The molecular formula is C11H14N4O4. The van der Waals surface area contributed by atoms with E-state index in [1.54, 1.807) is 0 Å². The number of carboxylic acids is 1. The van der Waals surface area contributed by atoms with E-state index < -0.39 is 24.0 Å². The Kier molecular flexibility index (Phi) is 3.79. The molecule has 1 fully saturated rings. The monoisotopic (exact) mass is 266 g/mol. The van der Waals surface area contributed by atoms with Crippen LogP contribution in [-0.4, -0.2) is 44.9 Å². The molecule has 0 aliphatic carbocycles. The Labute approximate surface area is 108 Å². The van der Waals surface area contributed by atoms with Crippen LogP contribution >= 0.6 is 0 Å². The summed E-state index contributed by atoms with van der Waals surface area (Å²) >= 11 is 0. The molecule has 2 atom stereocenters. The molecule has 1 aromatic heterocycles. The Morgan fingerprint density at radius 2 is 2.37 bits per heavy atom. The normalized spacial score (nSPS) is 19.8. The Morgan fingerprint density at radius 3 is 2.89 bits per heavy atom. The third-order valence-electron chi connectivity index (χ3n) is 2.91. The standard InChI is InChI=1S/C11H14N4O4/c16-9-2-1-7(14-9)10(17)15-8(11(18)19)3-6-4-12-5-13-6/h4-5,7-8H,1-3H2,(H,12,13)(H,14,16)(H,15,17)(H,18,19)/t7?,8-/m1/s1. The molecule has 19 heavy (non-hydrogen) atoms. The molecule has 2 rings (SSSR count). The summed E-state index contributed by atoms with van der Waals surface area (Å²) in [6.45, 7) is 0. The average molecular weight is 266 g/mol. The van der Waals surface area contributed by atoms with Gasteiger partial charge in [-0.05, 0) is 6.42 Å². The first-order valence-corrected chi connectivity index (χ1v) is 5.86. The van der Waals surface area contributed by atoms with Crippen molar-refractivity contribution in [3.8, 4) is 0 Å². The molecule has 2 amide bonds. The Morgan fingerprint density at radius 1 is 1.58 bits per heavy atom. The van der Waals surface area contributed by atoms with Crippen molar-refractivity contribution in [1.82, 2.24) is 20.6 Å². The molecule has 1 aliphatic rings. The van der Waals surface area contributed by atoms with Crippen LogP contribution in [0.5, 0.6) is 0 Å². The lowest BCUT2D eigenvalue weighted by atomic mass is 10.1. The van der Waals surface area contributed by atoms with Gasteiger partial charge in [-0.15, -0.1) is 0 Å². The molecule has 2 heterocycles. The van der Waals surface area contributed by atoms with E-state index in [0.717, 1.165) is 0 Å². The van der Waals surface area contributed by atoms with Gasteiger partial charge in [-0.25, -0.2) is 9.78 Å². The minimum atomic E-state index is -1.13. The SMILES string of the molecule is O=C1CCC(C(=O)N[C@H](Cc2cnc[nH]2)C(=O)O)N1. The van der Waals surface area contributed by atoms with E-state index >= 15 is 0 Å². The van der Waals surface area contributed by atoms with Crippen LogP contribution in [0, 0.1) is 0 Å². The second-order valence-electron chi connectivity index (χ2n) is 4.34. The smallest absolute Gasteiger partial charge is 0.326 e. The summed E-state index contributed by atoms with van der Waals surface area (Å²) in [5.74, 6) is -1.80. The fourth-order valence-corrected chi connectivity index (χ4v) is 1.90. The highest BCUT2D eigenvalue weighted by Crippen LogP contribution is 2.07. The molecule has 1 aliphatic heterocycles. The molecule has 0 spiro atoms. The van der Waals surface area contributed by atoms with E-state index in [9.17, 15) is 14.4 Å². The number of nitrogens with one attached hydrogen (secondary N) is 3. The van der Waals surface area contributed by atoms with Crippen LogP contribution in [0.1, 0.15) is 18.5 Å². The van der Waals surface area contributed by atoms with E-state index in [1.807, 2.05) is 0 Å². The average Bonchev–Trinajstić information content (AvgIpc) is 2.99. The molecule has 0 saturated carbocycles. The highest BCUT2D eigenvalue weighted by Gasteiger charge is 2.30. The maximum Gasteiger partial charge on any atom is 0.326 e. The zero-order valence-corrected chi connectivity index (χ0v) is 10.0. The fourth-order valence-electron chi connectivity index (χ4n) is 1.90. The zero-order valence-electron chi connectivity index (χ0n) is 10.0. The van der Waals surface area contributed by atoms with Crippen LogP contribution in [0.4, 0.5) is 0 Å². The van der Waals surface area contributed by atoms with Gasteiger partial charge in [0.1, 0.15) is 12.1 Å². The van der Waals surface area contributed by atoms with E-state index in [4.69, 9.17) is 5.11 Å². The summed E-state index contributed by atoms with van der Waals surface area (Å²) in [7, 11) is 0. The molecule has 8 heteroatoms. The highest BCUT2D eigenvalue weighted by atomic mass is 16.4. The predicted octanol–water partition coefficient (Wildman–Crippen LogP) is -1.20. The molecule has 1 aromatic rings. The van der Waals surface area contributed by atoms with Crippen molar-refractivity contribution in [1.29, 1.82) is 0 Å². The van der Waals surface area contributed by atoms with E-state index in [-0.39, 0.29) is 18.7 Å². The summed E-state index contributed by atoms with van der Waals surface area (Å²) in [6, 6.07) is -1.69. The Hall–Kier alpha value is -2.38. The van der Waals surface area contributed by atoms with Crippen LogP contribution in [-0.2, 0) is 20.8 Å². The van der Waals surface area contributed by atoms with Gasteiger partial charge in [0.05, 0.1) is 6.33 Å². The molecule has 1 saturated heterocycles. The Balaban J connectivity index is 1.95. The fraction of sp³-hybridized carbons (Fsp3) is 0.455. The van der Waals surface area contributed by atoms with Gasteiger partial charge in [-0.3, -0.25) is 9.59 Å². The lowest BCUT2D eigenvalue weighted by Gasteiger charge is -2.16. The first kappa shape index (κ1) is 13.1. The number of hydrogen-bond acceptors (Lipinski definition) is 4. The molecule has 0 bridgehead atoms. The second-order valence-corrected chi connectivity index (χ2v) is 4.34. The van der Waals surface area contributed by atoms with Crippen LogP contribution in [0.2, 0.25) is 0 Å². The van der Waals surface area contributed by atoms with Crippen LogP contribution in [0.15, 0.2) is 12.5 Å². The summed E-state index contributed by atoms with van der Waals surface area (Å²) in [5, 5.41) is 14.0. The summed E-state index contributed by atoms with van der Waals surface area (Å²) in [5.41, 5.74) is 0.614. The van der Waals surface area contributed by atoms with Gasteiger partial charge in [0.25, 0.3) is 0 Å². The van der Waals surface area contributed by atoms with Gasteiger partial charge in [0, 0.05) is 24.7 Å². The number of hydrogen-bond donors (Lipinski definition) is 4. The number of rotatable bonds is 5. The van der Waals surface area contributed by atoms with Crippen molar-refractivity contribution in [2.24, 2.45) is 0 Å². The highest BCUT2D eigenvalue weighted by molar-refractivity contribution is 5.92. The van der Waals surface area contributed by atoms with Gasteiger partial charge >= 0.3 is 5.97 Å². The number of imidazole rings is 1. The van der Waals surface area contributed by atoms with Crippen molar-refractivity contribution >= 4 is 17.8 Å². The quantitative estimate of drug-likeness (QED) is 0.533. The maximum atomic E-state index is 11.8. The van der Waals surface area contributed by atoms with Crippen LogP contribution in [0.3, 0.4) is 0 Å². The number of amides is 2. The molecule has 8 nitrogen and oxygen atoms in total. The van der Waals surface area contributed by atoms with Crippen molar-refractivity contribution in [2.75, 3.05) is 0 Å². The van der Waals surface area contributed by atoms with Crippen molar-refractivity contribution < 1.29 is 19.5 Å². The molecule has 102 valence electrons. The number of aromatic amines is 1. The molecule has 1 unspecified atom stereocenters. The molecular weight excluding hydrogens is 252 g/mol. The maximum absolute atomic E-state index is 11.8. The van der Waals surface area contributed by atoms with Crippen LogP contribution < -0.4 is 10.6 Å². The van der Waals surface area contributed by atoms with Crippen molar-refractivity contribution in [2.45, 2.75) is 31.3 Å². The number of aliphatic carboxylic acids is 1. The van der Waals surface area contributed by atoms with Crippen LogP contribution in [0.25, 0.3) is 0 Å². The third kappa shape index (κ3) is 3.30. The second kappa shape index (κ2) is 5.51. The molecule has 0 aromatic carbocycles. The minimum absolute atomic E-state index is 0.113. The summed E-state index contributed by atoms with van der Waals surface area (Å²) in [4.78, 5) is 40.5. The summed E-state index contributed by atoms with van der Waals surface area (Å²) in [6.07, 6.45) is 3.73. The largest absolute Gasteiger partial charge is 0.480 e. The molecule has 0 radical (unpaired) electrons. The number of carbonyl (C=O) groups is 3. The van der Waals surface area contributed by atoms with Gasteiger partial charge in [0.2, 0.25) is 11.8 Å². The van der Waals surface area contributed by atoms with Gasteiger partial charge in [0.15, 0.2) is 0 Å². The zero-order chi connectivity index (χ0) is 13.8. The Bertz CT molecular complexity index is 485. The molecule has 4 N–H and O–H groups in total.